The first kappa shape index (κ1) is 22.6. The number of esters is 1. The van der Waals surface area contributed by atoms with Crippen molar-refractivity contribution in [2.24, 2.45) is 0 Å². The molecule has 0 aliphatic heterocycles. The first-order valence-electron chi connectivity index (χ1n) is 8.59. The van der Waals surface area contributed by atoms with Crippen LogP contribution in [0.5, 0.6) is 17.2 Å². The number of methoxy groups -OCH3 is 3. The Labute approximate surface area is 182 Å². The fraction of sp³-hybridized carbons (Fsp3) is 0.381. The lowest BCUT2D eigenvalue weighted by Crippen LogP contribution is -2.12. The van der Waals surface area contributed by atoms with Crippen molar-refractivity contribution in [1.82, 2.24) is 0 Å². The standard InChI is InChI=1S/C21H24Br2O5/c1-21(2,3)13-9-7-12(8-10-13)11-28-20(24)14-15(22)17(25-4)19(27-6)18(26-5)16(14)23/h7-10H,11H2,1-6H3. The van der Waals surface area contributed by atoms with Gasteiger partial charge in [-0.05, 0) is 48.4 Å². The second-order valence-electron chi connectivity index (χ2n) is 7.13. The summed E-state index contributed by atoms with van der Waals surface area (Å²) in [6, 6.07) is 8.03. The Morgan fingerprint density at radius 1 is 0.857 bits per heavy atom. The van der Waals surface area contributed by atoms with Crippen molar-refractivity contribution in [1.29, 1.82) is 0 Å². The number of benzene rings is 2. The lowest BCUT2D eigenvalue weighted by molar-refractivity contribution is 0.0469. The van der Waals surface area contributed by atoms with Gasteiger partial charge >= 0.3 is 5.97 Å². The molecule has 2 aromatic rings. The molecular formula is C21H24Br2O5. The van der Waals surface area contributed by atoms with Gasteiger partial charge in [0.15, 0.2) is 11.5 Å². The number of hydrogen-bond donors (Lipinski definition) is 0. The molecule has 5 nitrogen and oxygen atoms in total. The average molecular weight is 516 g/mol. The van der Waals surface area contributed by atoms with E-state index in [1.807, 2.05) is 12.1 Å². The number of rotatable bonds is 6. The summed E-state index contributed by atoms with van der Waals surface area (Å²) in [5, 5.41) is 0. The first-order valence-corrected chi connectivity index (χ1v) is 10.2. The Balaban J connectivity index is 2.29. The summed E-state index contributed by atoms with van der Waals surface area (Å²) in [7, 11) is 4.47. The maximum atomic E-state index is 12.8. The SMILES string of the molecule is COc1c(Br)c(C(=O)OCc2ccc(C(C)(C)C)cc2)c(Br)c(OC)c1OC. The van der Waals surface area contributed by atoms with Gasteiger partial charge in [-0.25, -0.2) is 4.79 Å². The van der Waals surface area contributed by atoms with Gasteiger partial charge in [-0.15, -0.1) is 0 Å². The molecule has 0 aliphatic rings. The van der Waals surface area contributed by atoms with Crippen molar-refractivity contribution in [3.63, 3.8) is 0 Å². The predicted octanol–water partition coefficient (Wildman–Crippen LogP) is 5.89. The molecule has 0 amide bonds. The molecule has 0 unspecified atom stereocenters. The molecule has 0 fully saturated rings. The number of halogens is 2. The molecular weight excluding hydrogens is 492 g/mol. The van der Waals surface area contributed by atoms with Crippen LogP contribution in [0.1, 0.15) is 42.3 Å². The molecule has 0 N–H and O–H groups in total. The van der Waals surface area contributed by atoms with Gasteiger partial charge in [-0.1, -0.05) is 45.0 Å². The molecule has 0 aromatic heterocycles. The monoisotopic (exact) mass is 514 g/mol. The quantitative estimate of drug-likeness (QED) is 0.449. The first-order chi connectivity index (χ1) is 13.1. The highest BCUT2D eigenvalue weighted by Gasteiger charge is 2.28. The van der Waals surface area contributed by atoms with E-state index < -0.39 is 5.97 Å². The molecule has 28 heavy (non-hydrogen) atoms. The van der Waals surface area contributed by atoms with Crippen LogP contribution in [-0.2, 0) is 16.8 Å². The second kappa shape index (κ2) is 9.18. The summed E-state index contributed by atoms with van der Waals surface area (Å²) in [6.07, 6.45) is 0. The molecule has 7 heteroatoms. The van der Waals surface area contributed by atoms with Crippen LogP contribution in [0, 0.1) is 0 Å². The third kappa shape index (κ3) is 4.63. The summed E-state index contributed by atoms with van der Waals surface area (Å²) < 4.78 is 22.5. The van der Waals surface area contributed by atoms with Gasteiger partial charge in [-0.3, -0.25) is 0 Å². The third-order valence-electron chi connectivity index (χ3n) is 4.26. The van der Waals surface area contributed by atoms with Crippen LogP contribution in [-0.4, -0.2) is 27.3 Å². The summed E-state index contributed by atoms with van der Waals surface area (Å²) in [5.41, 5.74) is 2.46. The van der Waals surface area contributed by atoms with Gasteiger partial charge in [0.2, 0.25) is 5.75 Å². The lowest BCUT2D eigenvalue weighted by atomic mass is 9.87. The van der Waals surface area contributed by atoms with E-state index >= 15 is 0 Å². The van der Waals surface area contributed by atoms with E-state index in [-0.39, 0.29) is 17.6 Å². The minimum absolute atomic E-state index is 0.0706. The zero-order valence-corrected chi connectivity index (χ0v) is 20.0. The van der Waals surface area contributed by atoms with E-state index in [1.54, 1.807) is 0 Å². The maximum absolute atomic E-state index is 12.8. The molecule has 2 aromatic carbocycles. The van der Waals surface area contributed by atoms with Crippen molar-refractivity contribution in [2.75, 3.05) is 21.3 Å². The highest BCUT2D eigenvalue weighted by atomic mass is 79.9. The van der Waals surface area contributed by atoms with Crippen LogP contribution in [0.2, 0.25) is 0 Å². The highest BCUT2D eigenvalue weighted by molar-refractivity contribution is 9.11. The summed E-state index contributed by atoms with van der Waals surface area (Å²) in [6.45, 7) is 6.61. The van der Waals surface area contributed by atoms with E-state index in [4.69, 9.17) is 18.9 Å². The topological polar surface area (TPSA) is 54.0 Å². The minimum atomic E-state index is -0.516. The largest absolute Gasteiger partial charge is 0.492 e. The van der Waals surface area contributed by atoms with Gasteiger partial charge in [0.25, 0.3) is 0 Å². The highest BCUT2D eigenvalue weighted by Crippen LogP contribution is 2.50. The molecule has 152 valence electrons. The fourth-order valence-electron chi connectivity index (χ4n) is 2.68. The Kier molecular flexibility index (Phi) is 7.39. The van der Waals surface area contributed by atoms with Crippen molar-refractivity contribution in [2.45, 2.75) is 32.8 Å². The number of carbonyl (C=O) groups excluding carboxylic acids is 1. The maximum Gasteiger partial charge on any atom is 0.341 e. The Bertz CT molecular complexity index is 824. The van der Waals surface area contributed by atoms with Gasteiger partial charge in [0.1, 0.15) is 6.61 Å². The summed E-state index contributed by atoms with van der Waals surface area (Å²) in [5.74, 6) is 0.559. The zero-order chi connectivity index (χ0) is 21.1. The lowest BCUT2D eigenvalue weighted by Gasteiger charge is -2.19. The van der Waals surface area contributed by atoms with Crippen molar-refractivity contribution >= 4 is 37.8 Å². The Morgan fingerprint density at radius 2 is 1.32 bits per heavy atom. The molecule has 0 heterocycles. The van der Waals surface area contributed by atoms with Crippen LogP contribution in [0.3, 0.4) is 0 Å². The molecule has 2 rings (SSSR count). The smallest absolute Gasteiger partial charge is 0.341 e. The predicted molar refractivity (Wildman–Crippen MR) is 116 cm³/mol. The Hall–Kier alpha value is -1.73. The van der Waals surface area contributed by atoms with E-state index in [0.29, 0.717) is 26.2 Å². The Morgan fingerprint density at radius 3 is 1.71 bits per heavy atom. The van der Waals surface area contributed by atoms with Crippen LogP contribution >= 0.6 is 31.9 Å². The van der Waals surface area contributed by atoms with Crippen molar-refractivity contribution in [3.05, 3.63) is 49.9 Å². The van der Waals surface area contributed by atoms with Crippen molar-refractivity contribution < 1.29 is 23.7 Å². The number of ether oxygens (including phenoxy) is 4. The molecule has 0 atom stereocenters. The molecule has 0 spiro atoms. The molecule has 0 saturated carbocycles. The van der Waals surface area contributed by atoms with Gasteiger partial charge in [0, 0.05) is 0 Å². The molecule has 0 bridgehead atoms. The van der Waals surface area contributed by atoms with Crippen LogP contribution in [0.25, 0.3) is 0 Å². The van der Waals surface area contributed by atoms with E-state index in [2.05, 4.69) is 64.8 Å². The van der Waals surface area contributed by atoms with E-state index in [1.165, 1.54) is 26.9 Å². The van der Waals surface area contributed by atoms with Crippen LogP contribution in [0.15, 0.2) is 33.2 Å². The zero-order valence-electron chi connectivity index (χ0n) is 16.8. The fourth-order valence-corrected chi connectivity index (χ4v) is 4.35. The van der Waals surface area contributed by atoms with Gasteiger partial charge in [-0.2, -0.15) is 0 Å². The number of hydrogen-bond acceptors (Lipinski definition) is 5. The van der Waals surface area contributed by atoms with Gasteiger partial charge in [0.05, 0.1) is 35.8 Å². The summed E-state index contributed by atoms with van der Waals surface area (Å²) in [4.78, 5) is 12.8. The van der Waals surface area contributed by atoms with Gasteiger partial charge < -0.3 is 18.9 Å². The van der Waals surface area contributed by atoms with E-state index in [9.17, 15) is 4.79 Å². The van der Waals surface area contributed by atoms with E-state index in [0.717, 1.165) is 5.56 Å². The average Bonchev–Trinajstić information content (AvgIpc) is 2.65. The third-order valence-corrected chi connectivity index (χ3v) is 5.77. The molecule has 0 aliphatic carbocycles. The molecule has 0 saturated heterocycles. The molecule has 0 radical (unpaired) electrons. The minimum Gasteiger partial charge on any atom is -0.492 e. The summed E-state index contributed by atoms with van der Waals surface area (Å²) >= 11 is 6.83. The van der Waals surface area contributed by atoms with Crippen molar-refractivity contribution in [3.8, 4) is 17.2 Å². The number of carbonyl (C=O) groups is 1. The van der Waals surface area contributed by atoms with Crippen LogP contribution < -0.4 is 14.2 Å². The second-order valence-corrected chi connectivity index (χ2v) is 8.71. The normalized spacial score (nSPS) is 11.1. The van der Waals surface area contributed by atoms with Crippen LogP contribution in [0.4, 0.5) is 0 Å².